The number of carbonyl (C=O) groups is 1. The molecular weight excluding hydrogens is 344 g/mol. The van der Waals surface area contributed by atoms with E-state index in [1.807, 2.05) is 0 Å². The summed E-state index contributed by atoms with van der Waals surface area (Å²) in [5.41, 5.74) is 7.30. The van der Waals surface area contributed by atoms with E-state index in [2.05, 4.69) is 4.72 Å². The largest absolute Gasteiger partial charge is 0.497 e. The van der Waals surface area contributed by atoms with Crippen molar-refractivity contribution >= 4 is 21.7 Å². The van der Waals surface area contributed by atoms with Gasteiger partial charge in [-0.3, -0.25) is 9.52 Å². The van der Waals surface area contributed by atoms with Gasteiger partial charge >= 0.3 is 5.97 Å². The Kier molecular flexibility index (Phi) is 5.66. The lowest BCUT2D eigenvalue weighted by molar-refractivity contribution is -0.138. The van der Waals surface area contributed by atoms with Gasteiger partial charge in [-0.15, -0.1) is 0 Å². The molecule has 0 heterocycles. The summed E-state index contributed by atoms with van der Waals surface area (Å²) < 4.78 is 32.6. The summed E-state index contributed by atoms with van der Waals surface area (Å²) in [5.74, 6) is -0.521. The summed E-state index contributed by atoms with van der Waals surface area (Å²) in [7, 11) is -2.28. The summed E-state index contributed by atoms with van der Waals surface area (Å²) in [6.45, 7) is 1.78. The molecule has 0 aliphatic rings. The zero-order valence-corrected chi connectivity index (χ0v) is 14.7. The van der Waals surface area contributed by atoms with Crippen LogP contribution in [0.1, 0.15) is 11.1 Å². The Morgan fingerprint density at radius 2 is 1.88 bits per heavy atom. The lowest BCUT2D eigenvalue weighted by Crippen LogP contribution is -2.32. The average Bonchev–Trinajstić information content (AvgIpc) is 2.56. The molecule has 4 N–H and O–H groups in total. The van der Waals surface area contributed by atoms with E-state index in [0.717, 1.165) is 5.56 Å². The number of hydrogen-bond donors (Lipinski definition) is 3. The summed E-state index contributed by atoms with van der Waals surface area (Å²) >= 11 is 0. The first-order valence-electron chi connectivity index (χ1n) is 7.47. The molecule has 0 aromatic heterocycles. The van der Waals surface area contributed by atoms with Crippen molar-refractivity contribution < 1.29 is 23.1 Å². The number of aryl methyl sites for hydroxylation is 1. The predicted octanol–water partition coefficient (Wildman–Crippen LogP) is 1.76. The van der Waals surface area contributed by atoms with Gasteiger partial charge in [0.1, 0.15) is 11.8 Å². The zero-order chi connectivity index (χ0) is 18.6. The molecule has 7 nitrogen and oxygen atoms in total. The van der Waals surface area contributed by atoms with Crippen LogP contribution >= 0.6 is 0 Å². The van der Waals surface area contributed by atoms with Crippen molar-refractivity contribution in [2.45, 2.75) is 24.3 Å². The van der Waals surface area contributed by atoms with Crippen LogP contribution in [0.2, 0.25) is 0 Å². The number of aliphatic carboxylic acids is 1. The first-order chi connectivity index (χ1) is 11.7. The smallest absolute Gasteiger partial charge is 0.320 e. The van der Waals surface area contributed by atoms with Gasteiger partial charge in [0.2, 0.25) is 0 Å². The Bertz CT molecular complexity index is 863. The van der Waals surface area contributed by atoms with Crippen LogP contribution in [0, 0.1) is 6.92 Å². The number of anilines is 1. The molecule has 0 fully saturated rings. The van der Waals surface area contributed by atoms with Gasteiger partial charge in [-0.1, -0.05) is 6.07 Å². The minimum atomic E-state index is -3.81. The third-order valence-electron chi connectivity index (χ3n) is 3.73. The van der Waals surface area contributed by atoms with Crippen molar-refractivity contribution in [1.29, 1.82) is 0 Å². The topological polar surface area (TPSA) is 119 Å². The molecule has 1 atom stereocenters. The van der Waals surface area contributed by atoms with Gasteiger partial charge in [-0.05, 0) is 60.9 Å². The highest BCUT2D eigenvalue weighted by molar-refractivity contribution is 7.92. The van der Waals surface area contributed by atoms with Crippen molar-refractivity contribution in [1.82, 2.24) is 0 Å². The van der Waals surface area contributed by atoms with Crippen LogP contribution in [-0.4, -0.2) is 32.6 Å². The fraction of sp³-hybridized carbons (Fsp3) is 0.235. The van der Waals surface area contributed by atoms with E-state index in [-0.39, 0.29) is 11.3 Å². The average molecular weight is 364 g/mol. The monoisotopic (exact) mass is 364 g/mol. The molecule has 0 spiro atoms. The van der Waals surface area contributed by atoms with Crippen molar-refractivity contribution in [3.8, 4) is 5.75 Å². The van der Waals surface area contributed by atoms with Gasteiger partial charge in [0, 0.05) is 5.69 Å². The fourth-order valence-electron chi connectivity index (χ4n) is 2.23. The number of nitrogens with two attached hydrogens (primary N) is 1. The molecule has 134 valence electrons. The number of benzene rings is 2. The number of hydrogen-bond acceptors (Lipinski definition) is 5. The quantitative estimate of drug-likeness (QED) is 0.689. The minimum absolute atomic E-state index is 0.0431. The van der Waals surface area contributed by atoms with Gasteiger partial charge in [0.25, 0.3) is 10.0 Å². The maximum atomic E-state index is 12.5. The maximum absolute atomic E-state index is 12.5. The van der Waals surface area contributed by atoms with Gasteiger partial charge in [-0.2, -0.15) is 0 Å². The van der Waals surface area contributed by atoms with Crippen LogP contribution in [0.3, 0.4) is 0 Å². The van der Waals surface area contributed by atoms with Gasteiger partial charge < -0.3 is 15.6 Å². The number of carboxylic acids is 1. The van der Waals surface area contributed by atoms with Crippen molar-refractivity contribution in [3.05, 3.63) is 53.6 Å². The molecule has 0 saturated carbocycles. The van der Waals surface area contributed by atoms with Gasteiger partial charge in [0.05, 0.1) is 12.0 Å². The van der Waals surface area contributed by atoms with E-state index in [4.69, 9.17) is 15.6 Å². The maximum Gasteiger partial charge on any atom is 0.320 e. The number of ether oxygens (including phenoxy) is 1. The zero-order valence-electron chi connectivity index (χ0n) is 13.9. The second-order valence-corrected chi connectivity index (χ2v) is 7.25. The first-order valence-corrected chi connectivity index (χ1v) is 8.96. The number of carboxylic acid groups (broad SMARTS) is 1. The number of sulfonamides is 1. The van der Waals surface area contributed by atoms with E-state index in [1.165, 1.54) is 19.2 Å². The van der Waals surface area contributed by atoms with Gasteiger partial charge in [-0.25, -0.2) is 8.42 Å². The standard InChI is InChI=1S/C17H20N2O5S/c1-11-3-8-15(9-12(11)10-16(18)17(20)21)25(22,23)19-13-4-6-14(24-2)7-5-13/h3-9,16,19H,10,18H2,1-2H3,(H,20,21)/t16-/m0/s1. The van der Waals surface area contributed by atoms with Crippen LogP contribution in [0.15, 0.2) is 47.4 Å². The second-order valence-electron chi connectivity index (χ2n) is 5.57. The molecule has 0 unspecified atom stereocenters. The summed E-state index contributed by atoms with van der Waals surface area (Å²) in [6, 6.07) is 9.92. The third kappa shape index (κ3) is 4.71. The van der Waals surface area contributed by atoms with Crippen molar-refractivity contribution in [3.63, 3.8) is 0 Å². The van der Waals surface area contributed by atoms with Crippen LogP contribution in [0.25, 0.3) is 0 Å². The normalized spacial score (nSPS) is 12.4. The molecular formula is C17H20N2O5S. The highest BCUT2D eigenvalue weighted by Gasteiger charge is 2.18. The highest BCUT2D eigenvalue weighted by Crippen LogP contribution is 2.21. The number of nitrogens with one attached hydrogen (secondary N) is 1. The van der Waals surface area contributed by atoms with Crippen LogP contribution < -0.4 is 15.2 Å². The molecule has 25 heavy (non-hydrogen) atoms. The molecule has 0 bridgehead atoms. The van der Waals surface area contributed by atoms with Crippen LogP contribution in [0.5, 0.6) is 5.75 Å². The molecule has 2 rings (SSSR count). The fourth-order valence-corrected chi connectivity index (χ4v) is 3.34. The predicted molar refractivity (Wildman–Crippen MR) is 94.3 cm³/mol. The van der Waals surface area contributed by atoms with Crippen LogP contribution in [-0.2, 0) is 21.2 Å². The van der Waals surface area contributed by atoms with E-state index < -0.39 is 22.0 Å². The second kappa shape index (κ2) is 7.54. The van der Waals surface area contributed by atoms with Gasteiger partial charge in [0.15, 0.2) is 0 Å². The number of rotatable bonds is 7. The van der Waals surface area contributed by atoms with Crippen LogP contribution in [0.4, 0.5) is 5.69 Å². The Hall–Kier alpha value is -2.58. The third-order valence-corrected chi connectivity index (χ3v) is 5.11. The molecule has 2 aromatic rings. The lowest BCUT2D eigenvalue weighted by atomic mass is 10.0. The highest BCUT2D eigenvalue weighted by atomic mass is 32.2. The van der Waals surface area contributed by atoms with E-state index in [1.54, 1.807) is 37.3 Å². The molecule has 0 aliphatic heterocycles. The molecule has 0 saturated heterocycles. The molecule has 8 heteroatoms. The van der Waals surface area contributed by atoms with E-state index >= 15 is 0 Å². The number of methoxy groups -OCH3 is 1. The van der Waals surface area contributed by atoms with E-state index in [9.17, 15) is 13.2 Å². The van der Waals surface area contributed by atoms with E-state index in [0.29, 0.717) is 17.0 Å². The molecule has 0 aliphatic carbocycles. The lowest BCUT2D eigenvalue weighted by Gasteiger charge is -2.13. The summed E-state index contributed by atoms with van der Waals surface area (Å²) in [6.07, 6.45) is 0.0487. The first kappa shape index (κ1) is 18.8. The summed E-state index contributed by atoms with van der Waals surface area (Å²) in [4.78, 5) is 11.0. The SMILES string of the molecule is COc1ccc(NS(=O)(=O)c2ccc(C)c(C[C@H](N)C(=O)O)c2)cc1. The minimum Gasteiger partial charge on any atom is -0.497 e. The molecule has 0 radical (unpaired) electrons. The molecule has 2 aromatic carbocycles. The Labute approximate surface area is 146 Å². The summed E-state index contributed by atoms with van der Waals surface area (Å²) in [5, 5.41) is 8.94. The van der Waals surface area contributed by atoms with Crippen molar-refractivity contribution in [2.75, 3.05) is 11.8 Å². The molecule has 0 amide bonds. The Morgan fingerprint density at radius 3 is 2.44 bits per heavy atom. The van der Waals surface area contributed by atoms with Crippen molar-refractivity contribution in [2.24, 2.45) is 5.73 Å². The Balaban J connectivity index is 2.27. The Morgan fingerprint density at radius 1 is 1.24 bits per heavy atom.